The largest absolute Gasteiger partial charge is 0.460 e. The molecule has 0 rings (SSSR count). The van der Waals surface area contributed by atoms with Crippen LogP contribution in [0.25, 0.3) is 0 Å². The highest BCUT2D eigenvalue weighted by Crippen LogP contribution is 2.46. The second kappa shape index (κ2) is 5.72. The van der Waals surface area contributed by atoms with E-state index in [0.29, 0.717) is 0 Å². The number of alkyl halides is 7. The van der Waals surface area contributed by atoms with E-state index in [2.05, 4.69) is 0 Å². The molecule has 0 unspecified atom stereocenters. The molecule has 0 aromatic carbocycles. The minimum atomic E-state index is -6.53. The summed E-state index contributed by atoms with van der Waals surface area (Å²) in [4.78, 5) is 10.6. The number of aliphatic hydroxyl groups is 1. The summed E-state index contributed by atoms with van der Waals surface area (Å²) in [5, 5.41) is 9.55. The summed E-state index contributed by atoms with van der Waals surface area (Å²) in [5.74, 6) is -15.0. The topological polar surface area (TPSA) is 49.3 Å². The average Bonchev–Trinajstić information content (AvgIpc) is 2.22. The molecule has 0 bridgehead atoms. The highest BCUT2D eigenvalue weighted by molar-refractivity contribution is 5.84. The van der Waals surface area contributed by atoms with E-state index in [4.69, 9.17) is 5.11 Å². The fourth-order valence-electron chi connectivity index (χ4n) is 0.870. The van der Waals surface area contributed by atoms with E-state index in [1.807, 2.05) is 0 Å². The zero-order chi connectivity index (χ0) is 14.6. The van der Waals surface area contributed by atoms with E-state index in [0.717, 1.165) is 0 Å². The van der Waals surface area contributed by atoms with Gasteiger partial charge in [-0.1, -0.05) is 0 Å². The van der Waals surface area contributed by atoms with Crippen molar-refractivity contribution in [3.8, 4) is 0 Å². The molecule has 0 aromatic rings. The van der Waals surface area contributed by atoms with Crippen molar-refractivity contribution in [1.82, 2.24) is 5.32 Å². The van der Waals surface area contributed by atoms with Crippen molar-refractivity contribution >= 4 is 5.91 Å². The van der Waals surface area contributed by atoms with Crippen LogP contribution in [0, 0.1) is 0 Å². The number of rotatable bonds is 6. The van der Waals surface area contributed by atoms with Gasteiger partial charge in [0.1, 0.15) is 0 Å². The summed E-state index contributed by atoms with van der Waals surface area (Å²) in [6.45, 7) is -0.867. The molecule has 0 heterocycles. The van der Waals surface area contributed by atoms with Gasteiger partial charge in [0, 0.05) is 13.2 Å². The van der Waals surface area contributed by atoms with Gasteiger partial charge in [0.05, 0.1) is 0 Å². The Morgan fingerprint density at radius 1 is 1.00 bits per heavy atom. The van der Waals surface area contributed by atoms with E-state index in [-0.39, 0.29) is 19.4 Å². The van der Waals surface area contributed by atoms with E-state index in [1.165, 1.54) is 5.32 Å². The number of hydrogen-bond donors (Lipinski definition) is 2. The van der Waals surface area contributed by atoms with Gasteiger partial charge in [0.25, 0.3) is 5.91 Å². The first kappa shape index (κ1) is 16.9. The second-order valence-corrected chi connectivity index (χ2v) is 3.33. The van der Waals surface area contributed by atoms with Crippen molar-refractivity contribution in [2.45, 2.75) is 30.9 Å². The number of aliphatic hydroxyl groups excluding tert-OH is 1. The number of hydrogen-bond acceptors (Lipinski definition) is 2. The van der Waals surface area contributed by atoms with Crippen molar-refractivity contribution in [1.29, 1.82) is 0 Å². The first-order valence-corrected chi connectivity index (χ1v) is 4.70. The Morgan fingerprint density at radius 2 is 1.50 bits per heavy atom. The van der Waals surface area contributed by atoms with Gasteiger partial charge in [-0.05, 0) is 12.8 Å². The molecule has 0 aliphatic carbocycles. The van der Waals surface area contributed by atoms with Crippen molar-refractivity contribution in [3.63, 3.8) is 0 Å². The van der Waals surface area contributed by atoms with Crippen LogP contribution in [0.1, 0.15) is 12.8 Å². The van der Waals surface area contributed by atoms with Gasteiger partial charge in [-0.2, -0.15) is 30.7 Å². The quantitative estimate of drug-likeness (QED) is 0.576. The molecule has 0 saturated carbocycles. The third-order valence-corrected chi connectivity index (χ3v) is 1.91. The molecule has 0 radical (unpaired) electrons. The lowest BCUT2D eigenvalue weighted by molar-refractivity contribution is -0.344. The number of halogens is 7. The minimum Gasteiger partial charge on any atom is -0.396 e. The van der Waals surface area contributed by atoms with Gasteiger partial charge >= 0.3 is 18.0 Å². The van der Waals surface area contributed by atoms with Crippen molar-refractivity contribution in [3.05, 3.63) is 0 Å². The van der Waals surface area contributed by atoms with Crippen LogP contribution >= 0.6 is 0 Å². The van der Waals surface area contributed by atoms with Gasteiger partial charge in [-0.15, -0.1) is 0 Å². The Hall–Kier alpha value is -1.06. The van der Waals surface area contributed by atoms with Crippen LogP contribution in [0.15, 0.2) is 0 Å². The molecule has 10 heteroatoms. The molecule has 18 heavy (non-hydrogen) atoms. The Balaban J connectivity index is 4.67. The van der Waals surface area contributed by atoms with Crippen molar-refractivity contribution in [2.24, 2.45) is 0 Å². The van der Waals surface area contributed by atoms with Crippen LogP contribution in [0.2, 0.25) is 0 Å². The maximum absolute atomic E-state index is 12.7. The fraction of sp³-hybridized carbons (Fsp3) is 0.875. The number of carbonyl (C=O) groups is 1. The second-order valence-electron chi connectivity index (χ2n) is 3.33. The third-order valence-electron chi connectivity index (χ3n) is 1.91. The molecular weight excluding hydrogens is 275 g/mol. The predicted octanol–water partition coefficient (Wildman–Crippen LogP) is 1.71. The third kappa shape index (κ3) is 3.47. The molecule has 0 aliphatic heterocycles. The maximum atomic E-state index is 12.7. The Bertz CT molecular complexity index is 290. The Kier molecular flexibility index (Phi) is 5.38. The number of amides is 1. The summed E-state index contributed by atoms with van der Waals surface area (Å²) in [6.07, 6.45) is -6.48. The minimum absolute atomic E-state index is 0.0318. The Morgan fingerprint density at radius 3 is 1.89 bits per heavy atom. The molecule has 0 spiro atoms. The summed E-state index contributed by atoms with van der Waals surface area (Å²) < 4.78 is 85.1. The number of unbranched alkanes of at least 4 members (excludes halogenated alkanes) is 1. The molecule has 0 fully saturated rings. The van der Waals surface area contributed by atoms with E-state index in [1.54, 1.807) is 0 Å². The molecule has 3 nitrogen and oxygen atoms in total. The maximum Gasteiger partial charge on any atom is 0.460 e. The molecule has 0 atom stereocenters. The number of carbonyl (C=O) groups excluding carboxylic acids is 1. The lowest BCUT2D eigenvalue weighted by Crippen LogP contribution is -2.59. The van der Waals surface area contributed by atoms with Gasteiger partial charge in [-0.3, -0.25) is 4.79 Å². The van der Waals surface area contributed by atoms with Crippen LogP contribution in [0.5, 0.6) is 0 Å². The Labute approximate surface area is 97.0 Å². The molecule has 2 N–H and O–H groups in total. The number of nitrogens with one attached hydrogen (secondary N) is 1. The SMILES string of the molecule is O=C(NCCCCO)C(F)(F)C(F)(F)C(F)(F)F. The van der Waals surface area contributed by atoms with Gasteiger partial charge in [0.2, 0.25) is 0 Å². The van der Waals surface area contributed by atoms with E-state index < -0.39 is 30.5 Å². The summed E-state index contributed by atoms with van der Waals surface area (Å²) in [6, 6.07) is 0. The first-order valence-electron chi connectivity index (χ1n) is 4.70. The lowest BCUT2D eigenvalue weighted by atomic mass is 10.1. The van der Waals surface area contributed by atoms with Gasteiger partial charge < -0.3 is 10.4 Å². The highest BCUT2D eigenvalue weighted by Gasteiger charge is 2.76. The first-order chi connectivity index (χ1) is 7.98. The molecule has 0 aromatic heterocycles. The standard InChI is InChI=1S/C8H10F7NO2/c9-6(10,7(11,12)8(13,14)15)5(18)16-3-1-2-4-17/h17H,1-4H2,(H,16,18). The van der Waals surface area contributed by atoms with Crippen LogP contribution in [0.4, 0.5) is 30.7 Å². The smallest absolute Gasteiger partial charge is 0.396 e. The van der Waals surface area contributed by atoms with Crippen LogP contribution in [0.3, 0.4) is 0 Å². The van der Waals surface area contributed by atoms with Crippen LogP contribution in [-0.2, 0) is 4.79 Å². The van der Waals surface area contributed by atoms with E-state index in [9.17, 15) is 35.5 Å². The lowest BCUT2D eigenvalue weighted by Gasteiger charge is -2.27. The molecular formula is C8H10F7NO2. The zero-order valence-electron chi connectivity index (χ0n) is 8.83. The monoisotopic (exact) mass is 285 g/mol. The van der Waals surface area contributed by atoms with Crippen molar-refractivity contribution < 1.29 is 40.6 Å². The zero-order valence-corrected chi connectivity index (χ0v) is 8.83. The van der Waals surface area contributed by atoms with Gasteiger partial charge in [-0.25, -0.2) is 0 Å². The summed E-state index contributed by atoms with van der Waals surface area (Å²) in [5.41, 5.74) is 0. The fourth-order valence-corrected chi connectivity index (χ4v) is 0.870. The van der Waals surface area contributed by atoms with Crippen LogP contribution < -0.4 is 5.32 Å². The van der Waals surface area contributed by atoms with Crippen LogP contribution in [-0.4, -0.2) is 42.2 Å². The molecule has 108 valence electrons. The van der Waals surface area contributed by atoms with Crippen molar-refractivity contribution in [2.75, 3.05) is 13.2 Å². The summed E-state index contributed by atoms with van der Waals surface area (Å²) >= 11 is 0. The molecule has 0 aliphatic rings. The molecule has 0 saturated heterocycles. The van der Waals surface area contributed by atoms with Gasteiger partial charge in [0.15, 0.2) is 0 Å². The van der Waals surface area contributed by atoms with E-state index >= 15 is 0 Å². The average molecular weight is 285 g/mol. The highest BCUT2D eigenvalue weighted by atomic mass is 19.4. The summed E-state index contributed by atoms with van der Waals surface area (Å²) in [7, 11) is 0. The normalized spacial score (nSPS) is 13.6. The predicted molar refractivity (Wildman–Crippen MR) is 45.3 cm³/mol. The molecule has 1 amide bonds.